The molecule has 1 N–H and O–H groups in total. The number of rotatable bonds is 3. The molecule has 31 heavy (non-hydrogen) atoms. The zero-order chi connectivity index (χ0) is 21.7. The van der Waals surface area contributed by atoms with Gasteiger partial charge in [-0.15, -0.1) is 0 Å². The number of amides is 1. The van der Waals surface area contributed by atoms with Gasteiger partial charge >= 0.3 is 0 Å². The highest BCUT2D eigenvalue weighted by Gasteiger charge is 2.31. The van der Waals surface area contributed by atoms with Crippen molar-refractivity contribution in [2.24, 2.45) is 0 Å². The van der Waals surface area contributed by atoms with E-state index in [0.717, 1.165) is 16.5 Å². The van der Waals surface area contributed by atoms with E-state index in [-0.39, 0.29) is 29.5 Å². The molecule has 0 unspecified atom stereocenters. The standard InChI is InChI=1S/C25H18N2O4/c1-13-10-14(2)22-19(27-31-20(22)11-13)12-21(28)26-18-9-5-8-17-23(18)25(30)16-7-4-3-6-15(16)24(17)29/h3-11H,12H2,1-2H3,(H,26,28). The van der Waals surface area contributed by atoms with Crippen molar-refractivity contribution < 1.29 is 18.9 Å². The van der Waals surface area contributed by atoms with Gasteiger partial charge in [-0.05, 0) is 37.1 Å². The number of aromatic nitrogens is 1. The molecule has 3 aromatic carbocycles. The van der Waals surface area contributed by atoms with E-state index in [1.807, 2.05) is 26.0 Å². The molecule has 1 aliphatic carbocycles. The summed E-state index contributed by atoms with van der Waals surface area (Å²) in [6, 6.07) is 15.5. The Morgan fingerprint density at radius 3 is 2.42 bits per heavy atom. The normalized spacial score (nSPS) is 12.6. The first kappa shape index (κ1) is 18.9. The van der Waals surface area contributed by atoms with Gasteiger partial charge in [-0.25, -0.2) is 0 Å². The fourth-order valence-corrected chi connectivity index (χ4v) is 4.24. The lowest BCUT2D eigenvalue weighted by atomic mass is 9.83. The van der Waals surface area contributed by atoms with Gasteiger partial charge in [-0.2, -0.15) is 0 Å². The Balaban J connectivity index is 1.48. The van der Waals surface area contributed by atoms with E-state index in [4.69, 9.17) is 4.52 Å². The van der Waals surface area contributed by atoms with Crippen LogP contribution in [0, 0.1) is 13.8 Å². The quantitative estimate of drug-likeness (QED) is 0.476. The van der Waals surface area contributed by atoms with Gasteiger partial charge in [0, 0.05) is 22.1 Å². The van der Waals surface area contributed by atoms with Crippen molar-refractivity contribution in [3.63, 3.8) is 0 Å². The van der Waals surface area contributed by atoms with Gasteiger partial charge in [0.25, 0.3) is 0 Å². The van der Waals surface area contributed by atoms with Crippen LogP contribution in [0.3, 0.4) is 0 Å². The highest BCUT2D eigenvalue weighted by molar-refractivity contribution is 6.30. The molecule has 6 heteroatoms. The van der Waals surface area contributed by atoms with E-state index in [1.165, 1.54) is 0 Å². The molecule has 1 aromatic heterocycles. The second-order valence-corrected chi connectivity index (χ2v) is 7.74. The topological polar surface area (TPSA) is 89.3 Å². The molecule has 0 fully saturated rings. The number of hydrogen-bond donors (Lipinski definition) is 1. The molecule has 0 aliphatic heterocycles. The lowest BCUT2D eigenvalue weighted by Gasteiger charge is -2.20. The minimum absolute atomic E-state index is 0.0146. The zero-order valence-electron chi connectivity index (χ0n) is 17.0. The van der Waals surface area contributed by atoms with Gasteiger partial charge in [-0.1, -0.05) is 47.6 Å². The third kappa shape index (κ3) is 3.04. The molecule has 152 valence electrons. The number of aryl methyl sites for hydroxylation is 2. The summed E-state index contributed by atoms with van der Waals surface area (Å²) in [5.74, 6) is -0.850. The van der Waals surface area contributed by atoms with Crippen LogP contribution in [0.25, 0.3) is 11.0 Å². The van der Waals surface area contributed by atoms with Crippen LogP contribution in [0.2, 0.25) is 0 Å². The number of hydrogen-bond acceptors (Lipinski definition) is 5. The summed E-state index contributed by atoms with van der Waals surface area (Å²) in [6.07, 6.45) is -0.0146. The number of anilines is 1. The maximum atomic E-state index is 13.1. The third-order valence-corrected chi connectivity index (χ3v) is 5.54. The number of carbonyl (C=O) groups is 3. The van der Waals surface area contributed by atoms with Crippen LogP contribution in [0.4, 0.5) is 5.69 Å². The molecule has 4 aromatic rings. The average Bonchev–Trinajstić information content (AvgIpc) is 3.14. The maximum Gasteiger partial charge on any atom is 0.230 e. The van der Waals surface area contributed by atoms with Crippen molar-refractivity contribution in [3.05, 3.63) is 93.7 Å². The highest BCUT2D eigenvalue weighted by atomic mass is 16.5. The van der Waals surface area contributed by atoms with Gasteiger partial charge < -0.3 is 9.84 Å². The predicted molar refractivity (Wildman–Crippen MR) is 116 cm³/mol. The van der Waals surface area contributed by atoms with Gasteiger partial charge in [0.2, 0.25) is 5.91 Å². The Labute approximate surface area is 177 Å². The number of fused-ring (bicyclic) bond motifs is 3. The van der Waals surface area contributed by atoms with Crippen molar-refractivity contribution in [2.45, 2.75) is 20.3 Å². The Morgan fingerprint density at radius 1 is 0.935 bits per heavy atom. The maximum absolute atomic E-state index is 13.1. The molecule has 6 nitrogen and oxygen atoms in total. The van der Waals surface area contributed by atoms with E-state index < -0.39 is 0 Å². The smallest absolute Gasteiger partial charge is 0.230 e. The lowest BCUT2D eigenvalue weighted by molar-refractivity contribution is -0.115. The van der Waals surface area contributed by atoms with E-state index in [0.29, 0.717) is 33.7 Å². The van der Waals surface area contributed by atoms with Crippen molar-refractivity contribution >= 4 is 34.1 Å². The van der Waals surface area contributed by atoms with E-state index in [1.54, 1.807) is 42.5 Å². The number of benzene rings is 3. The average molecular weight is 410 g/mol. The van der Waals surface area contributed by atoms with Gasteiger partial charge in [0.05, 0.1) is 17.7 Å². The molecule has 0 radical (unpaired) electrons. The summed E-state index contributed by atoms with van der Waals surface area (Å²) in [7, 11) is 0. The van der Waals surface area contributed by atoms with Crippen molar-refractivity contribution in [2.75, 3.05) is 5.32 Å². The fraction of sp³-hybridized carbons (Fsp3) is 0.120. The number of ketones is 2. The summed E-state index contributed by atoms with van der Waals surface area (Å²) in [5, 5.41) is 7.67. The van der Waals surface area contributed by atoms with Crippen LogP contribution >= 0.6 is 0 Å². The summed E-state index contributed by atoms with van der Waals surface area (Å²) in [6.45, 7) is 3.92. The number of carbonyl (C=O) groups excluding carboxylic acids is 3. The first-order valence-corrected chi connectivity index (χ1v) is 9.91. The van der Waals surface area contributed by atoms with Crippen LogP contribution in [-0.2, 0) is 11.2 Å². The zero-order valence-corrected chi connectivity index (χ0v) is 17.0. The monoisotopic (exact) mass is 410 g/mol. The molecular formula is C25H18N2O4. The molecule has 5 rings (SSSR count). The van der Waals surface area contributed by atoms with Crippen molar-refractivity contribution in [3.8, 4) is 0 Å². The van der Waals surface area contributed by atoms with Crippen LogP contribution in [-0.4, -0.2) is 22.6 Å². The van der Waals surface area contributed by atoms with Gasteiger partial charge in [0.15, 0.2) is 17.1 Å². The molecule has 0 saturated carbocycles. The molecular weight excluding hydrogens is 392 g/mol. The van der Waals surface area contributed by atoms with E-state index >= 15 is 0 Å². The SMILES string of the molecule is Cc1cc(C)c2c(CC(=O)Nc3cccc4c3C(=O)c3ccccc3C4=O)noc2c1. The Hall–Kier alpha value is -4.06. The lowest BCUT2D eigenvalue weighted by Crippen LogP contribution is -2.24. The molecule has 1 heterocycles. The summed E-state index contributed by atoms with van der Waals surface area (Å²) < 4.78 is 5.39. The second kappa shape index (κ2) is 7.02. The fourth-order valence-electron chi connectivity index (χ4n) is 4.24. The van der Waals surface area contributed by atoms with Crippen LogP contribution in [0.15, 0.2) is 59.1 Å². The molecule has 0 bridgehead atoms. The molecule has 0 atom stereocenters. The van der Waals surface area contributed by atoms with Crippen molar-refractivity contribution in [1.82, 2.24) is 5.16 Å². The van der Waals surface area contributed by atoms with E-state index in [9.17, 15) is 14.4 Å². The molecule has 1 amide bonds. The minimum atomic E-state index is -0.345. The Kier molecular flexibility index (Phi) is 4.29. The van der Waals surface area contributed by atoms with Gasteiger partial charge in [-0.3, -0.25) is 14.4 Å². The minimum Gasteiger partial charge on any atom is -0.356 e. The van der Waals surface area contributed by atoms with Gasteiger partial charge in [0.1, 0.15) is 5.69 Å². The summed E-state index contributed by atoms with van der Waals surface area (Å²) in [5.41, 5.74) is 4.74. The number of nitrogens with zero attached hydrogens (tertiary/aromatic N) is 1. The molecule has 0 saturated heterocycles. The highest BCUT2D eigenvalue weighted by Crippen LogP contribution is 2.32. The largest absolute Gasteiger partial charge is 0.356 e. The predicted octanol–water partition coefficient (Wildman–Crippen LogP) is 4.40. The van der Waals surface area contributed by atoms with Crippen LogP contribution < -0.4 is 5.32 Å². The Bertz CT molecular complexity index is 1410. The second-order valence-electron chi connectivity index (χ2n) is 7.74. The number of nitrogens with one attached hydrogen (secondary N) is 1. The summed E-state index contributed by atoms with van der Waals surface area (Å²) in [4.78, 5) is 38.8. The van der Waals surface area contributed by atoms with Crippen LogP contribution in [0.5, 0.6) is 0 Å². The summed E-state index contributed by atoms with van der Waals surface area (Å²) >= 11 is 0. The van der Waals surface area contributed by atoms with Crippen molar-refractivity contribution in [1.29, 1.82) is 0 Å². The van der Waals surface area contributed by atoms with E-state index in [2.05, 4.69) is 10.5 Å². The Morgan fingerprint density at radius 2 is 1.65 bits per heavy atom. The first-order chi connectivity index (χ1) is 14.9. The first-order valence-electron chi connectivity index (χ1n) is 9.91. The third-order valence-electron chi connectivity index (χ3n) is 5.54. The van der Waals surface area contributed by atoms with Crippen LogP contribution in [0.1, 0.15) is 48.7 Å². The molecule has 0 spiro atoms. The molecule has 1 aliphatic rings.